The summed E-state index contributed by atoms with van der Waals surface area (Å²) in [6, 6.07) is 19.1. The van der Waals surface area contributed by atoms with Crippen LogP contribution in [0.25, 0.3) is 28.2 Å². The number of carbonyl (C=O) groups excluding carboxylic acids is 1. The molecular formula is C32H36BrN3O2. The summed E-state index contributed by atoms with van der Waals surface area (Å²) >= 11 is 3.74. The number of aromatic nitrogens is 2. The van der Waals surface area contributed by atoms with Gasteiger partial charge in [-0.15, -0.1) is 0 Å². The van der Waals surface area contributed by atoms with E-state index in [1.165, 1.54) is 5.56 Å². The number of imidazole rings is 1. The van der Waals surface area contributed by atoms with E-state index in [0.717, 1.165) is 75.9 Å². The fourth-order valence-electron chi connectivity index (χ4n) is 5.25. The number of carbonyl (C=O) groups is 1. The van der Waals surface area contributed by atoms with E-state index in [1.807, 2.05) is 11.0 Å². The summed E-state index contributed by atoms with van der Waals surface area (Å²) in [4.78, 5) is 19.2. The number of amides is 1. The lowest BCUT2D eigenvalue weighted by Crippen LogP contribution is -2.52. The molecule has 1 fully saturated rings. The van der Waals surface area contributed by atoms with Crippen molar-refractivity contribution in [3.63, 3.8) is 0 Å². The summed E-state index contributed by atoms with van der Waals surface area (Å²) in [5.74, 6) is 0. The minimum atomic E-state index is -0.316. The van der Waals surface area contributed by atoms with Crippen LogP contribution in [0.4, 0.5) is 0 Å². The van der Waals surface area contributed by atoms with Crippen LogP contribution in [0.15, 0.2) is 65.3 Å². The number of pyridine rings is 1. The Balaban J connectivity index is 1.56. The smallest absolute Gasteiger partial charge is 0.212 e. The van der Waals surface area contributed by atoms with Crippen LogP contribution >= 0.6 is 15.9 Å². The molecule has 0 spiro atoms. The highest BCUT2D eigenvalue weighted by Crippen LogP contribution is 2.47. The third-order valence-electron chi connectivity index (χ3n) is 8.46. The van der Waals surface area contributed by atoms with Gasteiger partial charge in [-0.3, -0.25) is 9.20 Å². The molecule has 0 unspecified atom stereocenters. The summed E-state index contributed by atoms with van der Waals surface area (Å²) in [7, 11) is 0. The topological polar surface area (TPSA) is 46.8 Å². The molecule has 1 aliphatic carbocycles. The van der Waals surface area contributed by atoms with Crippen molar-refractivity contribution in [3.05, 3.63) is 82.0 Å². The standard InChI is InChI=1S/C32H36BrN3O2/c1-6-31(4,5)38-21-35(20-37)32(17-10-18-32)26-15-13-24(14-16-26)28-29(25-11-8-7-9-12-25)36-19-27(33)22(2)23(3)30(36)34-28/h7-9,11-16,19-20H,6,10,17-18,21H2,1-5H3. The van der Waals surface area contributed by atoms with Crippen LogP contribution in [-0.2, 0) is 15.1 Å². The van der Waals surface area contributed by atoms with E-state index >= 15 is 0 Å². The second kappa shape index (κ2) is 10.3. The summed E-state index contributed by atoms with van der Waals surface area (Å²) < 4.78 is 9.39. The van der Waals surface area contributed by atoms with Crippen molar-refractivity contribution in [2.24, 2.45) is 0 Å². The van der Waals surface area contributed by atoms with Gasteiger partial charge in [0, 0.05) is 21.8 Å². The minimum Gasteiger partial charge on any atom is -0.355 e. The van der Waals surface area contributed by atoms with Gasteiger partial charge in [-0.25, -0.2) is 4.98 Å². The van der Waals surface area contributed by atoms with E-state index in [9.17, 15) is 4.79 Å². The SMILES string of the molecule is CCC(C)(C)OCN(C=O)C1(c2ccc(-c3nc4c(C)c(C)c(Br)cn4c3-c3ccccc3)cc2)CCC1. The maximum Gasteiger partial charge on any atom is 0.212 e. The first-order chi connectivity index (χ1) is 18.2. The molecule has 1 aliphatic rings. The van der Waals surface area contributed by atoms with Gasteiger partial charge < -0.3 is 9.64 Å². The molecule has 0 radical (unpaired) electrons. The minimum absolute atomic E-state index is 0.265. The number of hydrogen-bond donors (Lipinski definition) is 0. The van der Waals surface area contributed by atoms with Gasteiger partial charge in [0.1, 0.15) is 12.4 Å². The Morgan fingerprint density at radius 1 is 1.05 bits per heavy atom. The second-order valence-corrected chi connectivity index (χ2v) is 11.9. The average molecular weight is 575 g/mol. The van der Waals surface area contributed by atoms with E-state index in [4.69, 9.17) is 9.72 Å². The number of aryl methyl sites for hydroxylation is 1. The molecule has 6 heteroatoms. The fourth-order valence-corrected chi connectivity index (χ4v) is 5.75. The first-order valence-electron chi connectivity index (χ1n) is 13.4. The highest BCUT2D eigenvalue weighted by atomic mass is 79.9. The van der Waals surface area contributed by atoms with Crippen LogP contribution in [0.3, 0.4) is 0 Å². The molecule has 5 nitrogen and oxygen atoms in total. The molecule has 2 aromatic carbocycles. The average Bonchev–Trinajstić information content (AvgIpc) is 3.28. The Bertz CT molecular complexity index is 1450. The Labute approximate surface area is 234 Å². The van der Waals surface area contributed by atoms with Crippen LogP contribution in [0, 0.1) is 13.8 Å². The van der Waals surface area contributed by atoms with Gasteiger partial charge in [0.15, 0.2) is 0 Å². The van der Waals surface area contributed by atoms with Crippen molar-refractivity contribution in [3.8, 4) is 22.5 Å². The van der Waals surface area contributed by atoms with Crippen molar-refractivity contribution >= 4 is 28.0 Å². The third kappa shape index (κ3) is 4.58. The Morgan fingerprint density at radius 2 is 1.74 bits per heavy atom. The number of hydrogen-bond acceptors (Lipinski definition) is 3. The molecule has 1 saturated carbocycles. The number of rotatable bonds is 9. The molecule has 198 valence electrons. The zero-order valence-electron chi connectivity index (χ0n) is 22.9. The molecule has 2 heterocycles. The van der Waals surface area contributed by atoms with Crippen molar-refractivity contribution in [2.45, 2.75) is 71.4 Å². The fraction of sp³-hybridized carbons (Fsp3) is 0.375. The first kappa shape index (κ1) is 26.6. The Hall–Kier alpha value is -2.96. The zero-order valence-corrected chi connectivity index (χ0v) is 24.5. The quantitative estimate of drug-likeness (QED) is 0.150. The summed E-state index contributed by atoms with van der Waals surface area (Å²) in [5.41, 5.74) is 8.07. The van der Waals surface area contributed by atoms with Gasteiger partial charge in [-0.2, -0.15) is 0 Å². The highest BCUT2D eigenvalue weighted by molar-refractivity contribution is 9.10. The maximum atomic E-state index is 12.2. The number of fused-ring (bicyclic) bond motifs is 1. The van der Waals surface area contributed by atoms with Crippen LogP contribution in [0.5, 0.6) is 0 Å². The molecule has 0 N–H and O–H groups in total. The van der Waals surface area contributed by atoms with Crippen LogP contribution in [0.1, 0.15) is 63.1 Å². The van der Waals surface area contributed by atoms with Gasteiger partial charge in [-0.05, 0) is 86.0 Å². The van der Waals surface area contributed by atoms with Crippen molar-refractivity contribution < 1.29 is 9.53 Å². The highest BCUT2D eigenvalue weighted by Gasteiger charge is 2.44. The molecule has 0 bridgehead atoms. The van der Waals surface area contributed by atoms with Crippen molar-refractivity contribution in [2.75, 3.05) is 6.73 Å². The van der Waals surface area contributed by atoms with Crippen LogP contribution in [-0.4, -0.2) is 33.0 Å². The third-order valence-corrected chi connectivity index (χ3v) is 9.26. The summed E-state index contributed by atoms with van der Waals surface area (Å²) in [6.07, 6.45) is 6.95. The Kier molecular flexibility index (Phi) is 7.23. The molecule has 0 aliphatic heterocycles. The number of nitrogens with zero attached hydrogens (tertiary/aromatic N) is 3. The van der Waals surface area contributed by atoms with E-state index in [-0.39, 0.29) is 11.1 Å². The summed E-state index contributed by atoms with van der Waals surface area (Å²) in [5, 5.41) is 0. The molecule has 2 aromatic heterocycles. The molecule has 1 amide bonds. The largest absolute Gasteiger partial charge is 0.355 e. The molecule has 0 atom stereocenters. The number of halogens is 1. The lowest BCUT2D eigenvalue weighted by molar-refractivity contribution is -0.152. The van der Waals surface area contributed by atoms with Crippen LogP contribution < -0.4 is 0 Å². The first-order valence-corrected chi connectivity index (χ1v) is 14.2. The van der Waals surface area contributed by atoms with Gasteiger partial charge in [-0.1, -0.05) is 61.5 Å². The monoisotopic (exact) mass is 573 g/mol. The Morgan fingerprint density at radius 3 is 2.32 bits per heavy atom. The molecule has 38 heavy (non-hydrogen) atoms. The van der Waals surface area contributed by atoms with Gasteiger partial charge in [0.05, 0.1) is 22.5 Å². The van der Waals surface area contributed by atoms with Gasteiger partial charge in [0.2, 0.25) is 6.41 Å². The van der Waals surface area contributed by atoms with Gasteiger partial charge in [0.25, 0.3) is 0 Å². The number of ether oxygens (including phenoxy) is 1. The molecular weight excluding hydrogens is 538 g/mol. The van der Waals surface area contributed by atoms with E-state index < -0.39 is 0 Å². The van der Waals surface area contributed by atoms with E-state index in [0.29, 0.717) is 6.73 Å². The predicted octanol–water partition coefficient (Wildman–Crippen LogP) is 8.05. The van der Waals surface area contributed by atoms with Gasteiger partial charge >= 0.3 is 0 Å². The summed E-state index contributed by atoms with van der Waals surface area (Å²) in [6.45, 7) is 10.8. The molecule has 0 saturated heterocycles. The maximum absolute atomic E-state index is 12.2. The lowest BCUT2D eigenvalue weighted by Gasteiger charge is -2.49. The van der Waals surface area contributed by atoms with Crippen LogP contribution in [0.2, 0.25) is 0 Å². The van der Waals surface area contributed by atoms with Crippen molar-refractivity contribution in [1.82, 2.24) is 14.3 Å². The van der Waals surface area contributed by atoms with Crippen molar-refractivity contribution in [1.29, 1.82) is 0 Å². The number of benzene rings is 2. The normalized spacial score (nSPS) is 14.9. The second-order valence-electron chi connectivity index (χ2n) is 11.0. The lowest BCUT2D eigenvalue weighted by atomic mass is 9.70. The molecule has 5 rings (SSSR count). The predicted molar refractivity (Wildman–Crippen MR) is 157 cm³/mol. The zero-order chi connectivity index (χ0) is 27.1. The van der Waals surface area contributed by atoms with E-state index in [1.54, 1.807) is 0 Å². The molecule has 4 aromatic rings. The van der Waals surface area contributed by atoms with E-state index in [2.05, 4.69) is 110 Å².